The van der Waals surface area contributed by atoms with Crippen molar-refractivity contribution < 1.29 is 4.79 Å². The quantitative estimate of drug-likeness (QED) is 0.513. The zero-order valence-corrected chi connectivity index (χ0v) is 14.1. The molecule has 1 rings (SSSR count). The Hall–Kier alpha value is -0.610. The SMILES string of the molecule is CCCN1CC(C(=O)NCCCCCCCCNCC)C1. The fraction of sp³-hybridized carbons (Fsp3) is 0.941. The van der Waals surface area contributed by atoms with Crippen LogP contribution in [0.25, 0.3) is 0 Å². The van der Waals surface area contributed by atoms with Gasteiger partial charge in [-0.25, -0.2) is 0 Å². The van der Waals surface area contributed by atoms with Crippen LogP contribution in [0.4, 0.5) is 0 Å². The largest absolute Gasteiger partial charge is 0.356 e. The van der Waals surface area contributed by atoms with Gasteiger partial charge in [-0.2, -0.15) is 0 Å². The summed E-state index contributed by atoms with van der Waals surface area (Å²) in [5.41, 5.74) is 0. The van der Waals surface area contributed by atoms with Crippen molar-refractivity contribution in [2.24, 2.45) is 5.92 Å². The monoisotopic (exact) mass is 297 g/mol. The van der Waals surface area contributed by atoms with Crippen molar-refractivity contribution >= 4 is 5.91 Å². The zero-order chi connectivity index (χ0) is 15.3. The maximum atomic E-state index is 11.9. The molecule has 0 aromatic rings. The molecule has 1 aliphatic heterocycles. The van der Waals surface area contributed by atoms with E-state index in [2.05, 4.69) is 29.4 Å². The third-order valence-corrected chi connectivity index (χ3v) is 4.20. The second-order valence-corrected chi connectivity index (χ2v) is 6.22. The lowest BCUT2D eigenvalue weighted by atomic mass is 9.99. The molecule has 1 heterocycles. The van der Waals surface area contributed by atoms with Crippen molar-refractivity contribution in [1.29, 1.82) is 0 Å². The van der Waals surface area contributed by atoms with E-state index >= 15 is 0 Å². The molecule has 124 valence electrons. The first-order chi connectivity index (χ1) is 10.3. The van der Waals surface area contributed by atoms with E-state index in [0.717, 1.165) is 45.7 Å². The lowest BCUT2D eigenvalue weighted by Gasteiger charge is -2.38. The van der Waals surface area contributed by atoms with Crippen LogP contribution in [-0.2, 0) is 4.79 Å². The third kappa shape index (κ3) is 8.42. The second-order valence-electron chi connectivity index (χ2n) is 6.22. The molecule has 0 bridgehead atoms. The predicted octanol–water partition coefficient (Wildman–Crippen LogP) is 2.39. The van der Waals surface area contributed by atoms with Gasteiger partial charge in [0, 0.05) is 19.6 Å². The van der Waals surface area contributed by atoms with Crippen molar-refractivity contribution in [2.75, 3.05) is 39.3 Å². The number of carbonyl (C=O) groups excluding carboxylic acids is 1. The molecule has 1 fully saturated rings. The van der Waals surface area contributed by atoms with E-state index in [1.807, 2.05) is 0 Å². The Kier molecular flexibility index (Phi) is 10.5. The lowest BCUT2D eigenvalue weighted by molar-refractivity contribution is -0.130. The Morgan fingerprint density at radius 1 is 1.00 bits per heavy atom. The van der Waals surface area contributed by atoms with E-state index in [1.54, 1.807) is 0 Å². The van der Waals surface area contributed by atoms with Crippen LogP contribution in [0, 0.1) is 5.92 Å². The molecule has 0 aromatic heterocycles. The minimum absolute atomic E-state index is 0.252. The van der Waals surface area contributed by atoms with Crippen molar-refractivity contribution in [2.45, 2.75) is 58.8 Å². The third-order valence-electron chi connectivity index (χ3n) is 4.20. The highest BCUT2D eigenvalue weighted by Crippen LogP contribution is 2.15. The van der Waals surface area contributed by atoms with Crippen LogP contribution in [0.1, 0.15) is 58.8 Å². The van der Waals surface area contributed by atoms with Gasteiger partial charge in [-0.3, -0.25) is 4.79 Å². The highest BCUT2D eigenvalue weighted by Gasteiger charge is 2.31. The maximum Gasteiger partial charge on any atom is 0.225 e. The molecule has 0 radical (unpaired) electrons. The Morgan fingerprint density at radius 2 is 1.62 bits per heavy atom. The highest BCUT2D eigenvalue weighted by molar-refractivity contribution is 5.79. The first-order valence-corrected chi connectivity index (χ1v) is 8.98. The second kappa shape index (κ2) is 12.0. The van der Waals surface area contributed by atoms with E-state index < -0.39 is 0 Å². The summed E-state index contributed by atoms with van der Waals surface area (Å²) in [5.74, 6) is 0.524. The van der Waals surface area contributed by atoms with Gasteiger partial charge >= 0.3 is 0 Å². The van der Waals surface area contributed by atoms with Gasteiger partial charge < -0.3 is 15.5 Å². The van der Waals surface area contributed by atoms with Crippen LogP contribution in [0.3, 0.4) is 0 Å². The average molecular weight is 297 g/mol. The average Bonchev–Trinajstić information content (AvgIpc) is 2.44. The summed E-state index contributed by atoms with van der Waals surface area (Å²) in [7, 11) is 0. The molecule has 1 saturated heterocycles. The molecular weight excluding hydrogens is 262 g/mol. The number of likely N-dealkylation sites (tertiary alicyclic amines) is 1. The fourth-order valence-electron chi connectivity index (χ4n) is 2.85. The van der Waals surface area contributed by atoms with E-state index in [1.165, 1.54) is 38.5 Å². The molecule has 0 aromatic carbocycles. The number of carbonyl (C=O) groups is 1. The van der Waals surface area contributed by atoms with Crippen molar-refractivity contribution in [3.05, 3.63) is 0 Å². The standard InChI is InChI=1S/C17H35N3O/c1-3-13-20-14-16(15-20)17(21)19-12-10-8-6-5-7-9-11-18-4-2/h16,18H,3-15H2,1-2H3,(H,19,21). The maximum absolute atomic E-state index is 11.9. The molecule has 1 amide bonds. The summed E-state index contributed by atoms with van der Waals surface area (Å²) in [4.78, 5) is 14.2. The summed E-state index contributed by atoms with van der Waals surface area (Å²) in [6, 6.07) is 0. The topological polar surface area (TPSA) is 44.4 Å². The molecule has 0 aliphatic carbocycles. The molecule has 2 N–H and O–H groups in total. The summed E-state index contributed by atoms with van der Waals surface area (Å²) in [6.07, 6.45) is 8.81. The van der Waals surface area contributed by atoms with Gasteiger partial charge in [-0.1, -0.05) is 39.5 Å². The van der Waals surface area contributed by atoms with Crippen LogP contribution in [0.5, 0.6) is 0 Å². The Bertz CT molecular complexity index is 265. The molecule has 1 aliphatic rings. The predicted molar refractivity (Wildman–Crippen MR) is 89.5 cm³/mol. The number of hydrogen-bond donors (Lipinski definition) is 2. The van der Waals surface area contributed by atoms with Gasteiger partial charge in [-0.15, -0.1) is 0 Å². The van der Waals surface area contributed by atoms with Gasteiger partial charge in [-0.05, 0) is 38.9 Å². The van der Waals surface area contributed by atoms with Gasteiger partial charge in [0.25, 0.3) is 0 Å². The number of unbranched alkanes of at least 4 members (excludes halogenated alkanes) is 5. The molecule has 0 spiro atoms. The van der Waals surface area contributed by atoms with E-state index in [-0.39, 0.29) is 11.8 Å². The molecule has 0 unspecified atom stereocenters. The summed E-state index contributed by atoms with van der Waals surface area (Å²) in [6.45, 7) is 10.5. The minimum atomic E-state index is 0.252. The van der Waals surface area contributed by atoms with Gasteiger partial charge in [0.15, 0.2) is 0 Å². The van der Waals surface area contributed by atoms with Crippen molar-refractivity contribution in [1.82, 2.24) is 15.5 Å². The van der Waals surface area contributed by atoms with Gasteiger partial charge in [0.2, 0.25) is 5.91 Å². The van der Waals surface area contributed by atoms with Crippen LogP contribution < -0.4 is 10.6 Å². The van der Waals surface area contributed by atoms with Crippen molar-refractivity contribution in [3.63, 3.8) is 0 Å². The number of rotatable bonds is 13. The van der Waals surface area contributed by atoms with Crippen molar-refractivity contribution in [3.8, 4) is 0 Å². The summed E-state index contributed by atoms with van der Waals surface area (Å²) in [5, 5.41) is 6.44. The summed E-state index contributed by atoms with van der Waals surface area (Å²) < 4.78 is 0. The Morgan fingerprint density at radius 3 is 2.24 bits per heavy atom. The molecule has 0 saturated carbocycles. The fourth-order valence-corrected chi connectivity index (χ4v) is 2.85. The number of nitrogens with zero attached hydrogens (tertiary/aromatic N) is 1. The van der Waals surface area contributed by atoms with Crippen LogP contribution in [0.2, 0.25) is 0 Å². The van der Waals surface area contributed by atoms with Crippen LogP contribution in [-0.4, -0.2) is 50.1 Å². The Balaban J connectivity index is 1.81. The number of nitrogens with one attached hydrogen (secondary N) is 2. The van der Waals surface area contributed by atoms with E-state index in [4.69, 9.17) is 0 Å². The normalized spacial score (nSPS) is 15.9. The number of hydrogen-bond acceptors (Lipinski definition) is 3. The van der Waals surface area contributed by atoms with Crippen LogP contribution in [0.15, 0.2) is 0 Å². The zero-order valence-electron chi connectivity index (χ0n) is 14.1. The molecule has 4 heteroatoms. The molecular formula is C17H35N3O. The smallest absolute Gasteiger partial charge is 0.225 e. The van der Waals surface area contributed by atoms with Gasteiger partial charge in [0.05, 0.1) is 5.92 Å². The van der Waals surface area contributed by atoms with Crippen LogP contribution >= 0.6 is 0 Å². The van der Waals surface area contributed by atoms with E-state index in [0.29, 0.717) is 0 Å². The molecule has 4 nitrogen and oxygen atoms in total. The number of amides is 1. The first kappa shape index (κ1) is 18.4. The summed E-state index contributed by atoms with van der Waals surface area (Å²) >= 11 is 0. The Labute approximate surface area is 131 Å². The van der Waals surface area contributed by atoms with E-state index in [9.17, 15) is 4.79 Å². The highest BCUT2D eigenvalue weighted by atomic mass is 16.2. The first-order valence-electron chi connectivity index (χ1n) is 8.98. The minimum Gasteiger partial charge on any atom is -0.356 e. The molecule has 21 heavy (non-hydrogen) atoms. The molecule has 0 atom stereocenters. The van der Waals surface area contributed by atoms with Gasteiger partial charge in [0.1, 0.15) is 0 Å². The lowest BCUT2D eigenvalue weighted by Crippen LogP contribution is -2.53.